The normalized spacial score (nSPS) is 11.1. The number of halogens is 3. The van der Waals surface area contributed by atoms with Crippen LogP contribution >= 0.6 is 0 Å². The van der Waals surface area contributed by atoms with Crippen molar-refractivity contribution in [3.05, 3.63) is 76.6 Å². The number of benzene rings is 2. The number of carbonyl (C=O) groups excluding carboxylic acids is 1. The van der Waals surface area contributed by atoms with Crippen LogP contribution in [0.25, 0.3) is 5.69 Å². The predicted octanol–water partition coefficient (Wildman–Crippen LogP) is 4.46. The van der Waals surface area contributed by atoms with E-state index in [-0.39, 0.29) is 17.7 Å². The van der Waals surface area contributed by atoms with E-state index in [9.17, 15) is 23.2 Å². The van der Waals surface area contributed by atoms with Gasteiger partial charge in [-0.05, 0) is 37.3 Å². The van der Waals surface area contributed by atoms with Crippen molar-refractivity contribution in [2.24, 2.45) is 0 Å². The molecule has 0 radical (unpaired) electrons. The van der Waals surface area contributed by atoms with Crippen LogP contribution in [-0.2, 0) is 12.8 Å². The maximum atomic E-state index is 13.3. The van der Waals surface area contributed by atoms with E-state index in [0.717, 1.165) is 12.1 Å². The molecule has 0 aliphatic rings. The summed E-state index contributed by atoms with van der Waals surface area (Å²) in [5, 5.41) is 13.7. The molecule has 1 aromatic heterocycles. The second kappa shape index (κ2) is 7.56. The molecule has 0 atom stereocenters. The molecule has 0 amide bonds. The summed E-state index contributed by atoms with van der Waals surface area (Å²) in [7, 11) is 0. The highest BCUT2D eigenvalue weighted by atomic mass is 19.4. The van der Waals surface area contributed by atoms with Gasteiger partial charge >= 0.3 is 6.18 Å². The van der Waals surface area contributed by atoms with Crippen molar-refractivity contribution in [3.63, 3.8) is 0 Å². The van der Waals surface area contributed by atoms with Gasteiger partial charge in [0, 0.05) is 5.56 Å². The first-order valence-corrected chi connectivity index (χ1v) is 8.18. The topological polar surface area (TPSA) is 67.9 Å². The molecule has 28 heavy (non-hydrogen) atoms. The minimum absolute atomic E-state index is 0.109. The Kier molecular flexibility index (Phi) is 5.18. The molecule has 5 nitrogen and oxygen atoms in total. The Hall–Kier alpha value is -3.60. The number of rotatable bonds is 5. The van der Waals surface area contributed by atoms with Crippen molar-refractivity contribution >= 4 is 6.29 Å². The third-order valence-electron chi connectivity index (χ3n) is 4.08. The molecule has 0 bridgehead atoms. The van der Waals surface area contributed by atoms with E-state index in [2.05, 4.69) is 5.10 Å². The number of aldehydes is 1. The molecule has 0 saturated heterocycles. The van der Waals surface area contributed by atoms with Gasteiger partial charge in [-0.15, -0.1) is 0 Å². The molecule has 0 N–H and O–H groups in total. The number of aromatic nitrogens is 2. The molecule has 1 heterocycles. The van der Waals surface area contributed by atoms with Gasteiger partial charge in [-0.2, -0.15) is 23.5 Å². The van der Waals surface area contributed by atoms with E-state index in [1.807, 2.05) is 12.1 Å². The van der Waals surface area contributed by atoms with Crippen LogP contribution in [-0.4, -0.2) is 16.1 Å². The Bertz CT molecular complexity index is 1050. The minimum Gasteiger partial charge on any atom is -0.487 e. The Labute approximate surface area is 158 Å². The average molecular weight is 385 g/mol. The highest BCUT2D eigenvalue weighted by Crippen LogP contribution is 2.37. The van der Waals surface area contributed by atoms with Gasteiger partial charge in [-0.3, -0.25) is 4.79 Å². The van der Waals surface area contributed by atoms with Gasteiger partial charge in [-0.25, -0.2) is 4.68 Å². The zero-order chi connectivity index (χ0) is 20.3. The molecule has 0 aliphatic carbocycles. The Morgan fingerprint density at radius 1 is 1.21 bits per heavy atom. The summed E-state index contributed by atoms with van der Waals surface area (Å²) in [4.78, 5) is 10.8. The zero-order valence-corrected chi connectivity index (χ0v) is 14.7. The van der Waals surface area contributed by atoms with Crippen LogP contribution in [0.2, 0.25) is 0 Å². The average Bonchev–Trinajstić information content (AvgIpc) is 3.01. The van der Waals surface area contributed by atoms with Gasteiger partial charge in [-0.1, -0.05) is 18.2 Å². The lowest BCUT2D eigenvalue weighted by atomic mass is 10.1. The maximum Gasteiger partial charge on any atom is 0.419 e. The lowest BCUT2D eigenvalue weighted by Gasteiger charge is -2.15. The Balaban J connectivity index is 2.00. The van der Waals surface area contributed by atoms with Gasteiger partial charge in [0.1, 0.15) is 30.3 Å². The van der Waals surface area contributed by atoms with Crippen molar-refractivity contribution in [1.29, 1.82) is 5.26 Å². The molecule has 0 fully saturated rings. The Morgan fingerprint density at radius 3 is 2.54 bits per heavy atom. The fourth-order valence-corrected chi connectivity index (χ4v) is 2.75. The molecule has 0 saturated carbocycles. The van der Waals surface area contributed by atoms with E-state index < -0.39 is 17.5 Å². The number of nitrogens with zero attached hydrogens (tertiary/aromatic N) is 3. The molecule has 0 unspecified atom stereocenters. The SMILES string of the molecule is Cc1nn(-c2ccccc2)c(COc2ccc(C=O)cc2C(F)(F)F)c1C#N. The lowest BCUT2D eigenvalue weighted by Crippen LogP contribution is -2.12. The van der Waals surface area contributed by atoms with Gasteiger partial charge in [0.15, 0.2) is 0 Å². The number of aryl methyl sites for hydroxylation is 1. The number of nitriles is 1. The number of hydrogen-bond donors (Lipinski definition) is 0. The quantitative estimate of drug-likeness (QED) is 0.608. The summed E-state index contributed by atoms with van der Waals surface area (Å²) in [6.45, 7) is 1.34. The van der Waals surface area contributed by atoms with Crippen molar-refractivity contribution in [1.82, 2.24) is 9.78 Å². The molecule has 0 spiro atoms. The molecule has 8 heteroatoms. The fraction of sp³-hybridized carbons (Fsp3) is 0.150. The number of ether oxygens (including phenoxy) is 1. The van der Waals surface area contributed by atoms with Crippen molar-refractivity contribution in [3.8, 4) is 17.5 Å². The summed E-state index contributed by atoms with van der Waals surface area (Å²) < 4.78 is 46.8. The van der Waals surface area contributed by atoms with Gasteiger partial charge in [0.2, 0.25) is 0 Å². The second-order valence-corrected chi connectivity index (χ2v) is 5.93. The third-order valence-corrected chi connectivity index (χ3v) is 4.08. The molecule has 3 aromatic rings. The number of alkyl halides is 3. The summed E-state index contributed by atoms with van der Waals surface area (Å²) in [6, 6.07) is 14.0. The highest BCUT2D eigenvalue weighted by molar-refractivity contribution is 5.75. The molecular weight excluding hydrogens is 371 g/mol. The minimum atomic E-state index is -4.69. The number of para-hydroxylation sites is 1. The number of carbonyl (C=O) groups is 1. The van der Waals surface area contributed by atoms with E-state index >= 15 is 0 Å². The smallest absolute Gasteiger partial charge is 0.419 e. The third kappa shape index (κ3) is 3.74. The zero-order valence-electron chi connectivity index (χ0n) is 14.7. The van der Waals surface area contributed by atoms with Gasteiger partial charge in [0.05, 0.1) is 22.6 Å². The first kappa shape index (κ1) is 19.2. The monoisotopic (exact) mass is 385 g/mol. The van der Waals surface area contributed by atoms with Crippen LogP contribution in [0.3, 0.4) is 0 Å². The first-order chi connectivity index (χ1) is 13.3. The van der Waals surface area contributed by atoms with Crippen LogP contribution < -0.4 is 4.74 Å². The fourth-order valence-electron chi connectivity index (χ4n) is 2.75. The van der Waals surface area contributed by atoms with Crippen LogP contribution in [0.5, 0.6) is 5.75 Å². The van der Waals surface area contributed by atoms with Crippen molar-refractivity contribution in [2.75, 3.05) is 0 Å². The van der Waals surface area contributed by atoms with E-state index in [1.54, 1.807) is 31.2 Å². The summed E-state index contributed by atoms with van der Waals surface area (Å²) in [5.74, 6) is -0.430. The van der Waals surface area contributed by atoms with Crippen LogP contribution in [0.4, 0.5) is 13.2 Å². The molecular formula is C20H14F3N3O2. The summed E-state index contributed by atoms with van der Waals surface area (Å²) in [5.41, 5.74) is 0.497. The molecule has 3 rings (SSSR count). The van der Waals surface area contributed by atoms with E-state index in [1.165, 1.54) is 10.7 Å². The number of hydrogen-bond acceptors (Lipinski definition) is 4. The van der Waals surface area contributed by atoms with Crippen LogP contribution in [0.15, 0.2) is 48.5 Å². The van der Waals surface area contributed by atoms with Crippen LogP contribution in [0, 0.1) is 18.3 Å². The predicted molar refractivity (Wildman–Crippen MR) is 94.2 cm³/mol. The van der Waals surface area contributed by atoms with E-state index in [0.29, 0.717) is 23.4 Å². The van der Waals surface area contributed by atoms with Crippen molar-refractivity contribution in [2.45, 2.75) is 19.7 Å². The highest BCUT2D eigenvalue weighted by Gasteiger charge is 2.35. The Morgan fingerprint density at radius 2 is 1.93 bits per heavy atom. The van der Waals surface area contributed by atoms with E-state index in [4.69, 9.17) is 4.74 Å². The van der Waals surface area contributed by atoms with Crippen molar-refractivity contribution < 1.29 is 22.7 Å². The summed E-state index contributed by atoms with van der Waals surface area (Å²) >= 11 is 0. The second-order valence-electron chi connectivity index (χ2n) is 5.93. The lowest BCUT2D eigenvalue weighted by molar-refractivity contribution is -0.139. The van der Waals surface area contributed by atoms with Crippen LogP contribution in [0.1, 0.15) is 32.9 Å². The molecule has 142 valence electrons. The molecule has 2 aromatic carbocycles. The standard InChI is InChI=1S/C20H14F3N3O2/c1-13-16(10-24)18(26(25-13)15-5-3-2-4-6-15)12-28-19-8-7-14(11-27)9-17(19)20(21,22)23/h2-9,11H,12H2,1H3. The summed E-state index contributed by atoms with van der Waals surface area (Å²) in [6.07, 6.45) is -4.36. The first-order valence-electron chi connectivity index (χ1n) is 8.18. The van der Waals surface area contributed by atoms with Gasteiger partial charge < -0.3 is 4.74 Å². The molecule has 0 aliphatic heterocycles. The van der Waals surface area contributed by atoms with Gasteiger partial charge in [0.25, 0.3) is 0 Å². The maximum absolute atomic E-state index is 13.3. The largest absolute Gasteiger partial charge is 0.487 e.